The summed E-state index contributed by atoms with van der Waals surface area (Å²) in [4.78, 5) is 46.2. The number of carbonyl (C=O) groups excluding carboxylic acids is 3. The van der Waals surface area contributed by atoms with Crippen LogP contribution in [0.15, 0.2) is 12.1 Å². The second kappa shape index (κ2) is 6.33. The van der Waals surface area contributed by atoms with E-state index in [1.807, 2.05) is 0 Å². The topological polar surface area (TPSA) is 113 Å². The molecular weight excluding hydrogens is 335 g/mol. The molecule has 3 amide bonds. The number of benzene rings is 1. The lowest BCUT2D eigenvalue weighted by Crippen LogP contribution is -2.52. The van der Waals surface area contributed by atoms with E-state index in [1.165, 1.54) is 12.1 Å². The van der Waals surface area contributed by atoms with Gasteiger partial charge in [0.2, 0.25) is 11.8 Å². The van der Waals surface area contributed by atoms with Crippen molar-refractivity contribution in [1.29, 1.82) is 0 Å². The monoisotopic (exact) mass is 344 g/mol. The van der Waals surface area contributed by atoms with Crippen molar-refractivity contribution in [1.82, 2.24) is 10.6 Å². The van der Waals surface area contributed by atoms with Crippen LogP contribution in [0.25, 0.3) is 0 Å². The van der Waals surface area contributed by atoms with Crippen LogP contribution in [0, 0.1) is 0 Å². The van der Waals surface area contributed by atoms with Gasteiger partial charge in [-0.25, -0.2) is 4.79 Å². The summed E-state index contributed by atoms with van der Waals surface area (Å²) in [5, 5.41) is 13.4. The Hall–Kier alpha value is -2.12. The van der Waals surface area contributed by atoms with Gasteiger partial charge in [-0.05, 0) is 18.6 Å². The number of hydrogen-bond donors (Lipinski definition) is 3. The van der Waals surface area contributed by atoms with Crippen LogP contribution in [0.5, 0.6) is 0 Å². The number of carboxylic acid groups (broad SMARTS) is 1. The summed E-state index contributed by atoms with van der Waals surface area (Å²) in [7, 11) is 0. The first-order valence-corrected chi connectivity index (χ1v) is 6.92. The second-order valence-electron chi connectivity index (χ2n) is 4.56. The lowest BCUT2D eigenvalue weighted by Gasteiger charge is -2.22. The summed E-state index contributed by atoms with van der Waals surface area (Å²) in [5.74, 6) is -3.34. The minimum atomic E-state index is -1.42. The van der Waals surface area contributed by atoms with E-state index in [9.17, 15) is 19.2 Å². The van der Waals surface area contributed by atoms with E-state index in [4.69, 9.17) is 28.3 Å². The molecule has 0 bridgehead atoms. The third-order valence-electron chi connectivity index (χ3n) is 3.09. The Morgan fingerprint density at radius 1 is 1.18 bits per heavy atom. The van der Waals surface area contributed by atoms with Crippen molar-refractivity contribution in [2.45, 2.75) is 18.9 Å². The molecule has 0 unspecified atom stereocenters. The maximum absolute atomic E-state index is 12.3. The molecule has 1 heterocycles. The van der Waals surface area contributed by atoms with Crippen LogP contribution < -0.4 is 10.6 Å². The molecule has 0 spiro atoms. The van der Waals surface area contributed by atoms with Gasteiger partial charge in [-0.2, -0.15) is 0 Å². The first-order valence-electron chi connectivity index (χ1n) is 6.17. The zero-order valence-corrected chi connectivity index (χ0v) is 12.5. The Morgan fingerprint density at radius 3 is 2.32 bits per heavy atom. The fourth-order valence-corrected chi connectivity index (χ4v) is 2.53. The van der Waals surface area contributed by atoms with Gasteiger partial charge < -0.3 is 10.4 Å². The Kier molecular flexibility index (Phi) is 4.68. The van der Waals surface area contributed by atoms with E-state index in [1.54, 1.807) is 0 Å². The zero-order chi connectivity index (χ0) is 16.4. The highest BCUT2D eigenvalue weighted by molar-refractivity contribution is 6.38. The van der Waals surface area contributed by atoms with Crippen LogP contribution in [-0.4, -0.2) is 34.8 Å². The molecule has 1 aliphatic rings. The van der Waals surface area contributed by atoms with E-state index in [-0.39, 0.29) is 28.5 Å². The van der Waals surface area contributed by atoms with Crippen molar-refractivity contribution in [2.75, 3.05) is 0 Å². The van der Waals surface area contributed by atoms with Crippen LogP contribution in [0.3, 0.4) is 0 Å². The van der Waals surface area contributed by atoms with E-state index in [0.29, 0.717) is 0 Å². The highest BCUT2D eigenvalue weighted by atomic mass is 35.5. The number of imide groups is 1. The number of nitrogens with one attached hydrogen (secondary N) is 2. The zero-order valence-electron chi connectivity index (χ0n) is 11.0. The third-order valence-corrected chi connectivity index (χ3v) is 3.72. The number of piperidine rings is 1. The molecule has 3 N–H and O–H groups in total. The lowest BCUT2D eigenvalue weighted by atomic mass is 10.0. The Labute approximate surface area is 134 Å². The average molecular weight is 345 g/mol. The summed E-state index contributed by atoms with van der Waals surface area (Å²) >= 11 is 11.7. The number of carbonyl (C=O) groups is 4. The highest BCUT2D eigenvalue weighted by Gasteiger charge is 2.30. The summed E-state index contributed by atoms with van der Waals surface area (Å²) in [6, 6.07) is 1.60. The predicted octanol–water partition coefficient (Wildman–Crippen LogP) is 1.23. The van der Waals surface area contributed by atoms with Crippen molar-refractivity contribution in [3.8, 4) is 0 Å². The van der Waals surface area contributed by atoms with Gasteiger partial charge in [0.1, 0.15) is 6.04 Å². The molecule has 22 heavy (non-hydrogen) atoms. The molecule has 116 valence electrons. The second-order valence-corrected chi connectivity index (χ2v) is 5.38. The SMILES string of the molecule is O=C1CC[C@H](NC(=O)c2c(Cl)ccc(Cl)c2C(=O)O)C(=O)N1. The smallest absolute Gasteiger partial charge is 0.338 e. The molecule has 1 aliphatic heterocycles. The summed E-state index contributed by atoms with van der Waals surface area (Å²) in [6.45, 7) is 0. The Balaban J connectivity index is 2.30. The van der Waals surface area contributed by atoms with Gasteiger partial charge in [0, 0.05) is 6.42 Å². The molecule has 1 fully saturated rings. The van der Waals surface area contributed by atoms with Crippen molar-refractivity contribution in [2.24, 2.45) is 0 Å². The average Bonchev–Trinajstić information content (AvgIpc) is 2.43. The van der Waals surface area contributed by atoms with E-state index >= 15 is 0 Å². The van der Waals surface area contributed by atoms with Crippen molar-refractivity contribution in [3.63, 3.8) is 0 Å². The predicted molar refractivity (Wildman–Crippen MR) is 77.1 cm³/mol. The van der Waals surface area contributed by atoms with Crippen LogP contribution in [0.1, 0.15) is 33.6 Å². The van der Waals surface area contributed by atoms with Gasteiger partial charge in [-0.3, -0.25) is 19.7 Å². The minimum absolute atomic E-state index is 0.0752. The van der Waals surface area contributed by atoms with Crippen molar-refractivity contribution >= 4 is 46.9 Å². The summed E-state index contributed by atoms with van der Waals surface area (Å²) in [6.07, 6.45) is 0.197. The van der Waals surface area contributed by atoms with E-state index < -0.39 is 35.3 Å². The molecule has 1 aromatic carbocycles. The largest absolute Gasteiger partial charge is 0.478 e. The molecule has 0 aromatic heterocycles. The number of halogens is 2. The van der Waals surface area contributed by atoms with Crippen LogP contribution >= 0.6 is 23.2 Å². The molecule has 0 aliphatic carbocycles. The Morgan fingerprint density at radius 2 is 1.77 bits per heavy atom. The molecule has 7 nitrogen and oxygen atoms in total. The number of carboxylic acids is 1. The number of amides is 3. The molecule has 0 radical (unpaired) electrons. The van der Waals surface area contributed by atoms with Gasteiger partial charge in [0.15, 0.2) is 0 Å². The maximum atomic E-state index is 12.3. The standard InChI is InChI=1S/C13H10Cl2N2O5/c14-5-1-2-6(15)10(13(21)22)9(5)12(20)16-7-3-4-8(18)17-11(7)19/h1-2,7H,3-4H2,(H,16,20)(H,21,22)(H,17,18,19)/t7-/m0/s1. The minimum Gasteiger partial charge on any atom is -0.478 e. The lowest BCUT2D eigenvalue weighted by molar-refractivity contribution is -0.134. The molecule has 9 heteroatoms. The van der Waals surface area contributed by atoms with Crippen molar-refractivity contribution < 1.29 is 24.3 Å². The van der Waals surface area contributed by atoms with Gasteiger partial charge in [-0.1, -0.05) is 23.2 Å². The highest BCUT2D eigenvalue weighted by Crippen LogP contribution is 2.27. The van der Waals surface area contributed by atoms with E-state index in [0.717, 1.165) is 0 Å². The van der Waals surface area contributed by atoms with Gasteiger partial charge >= 0.3 is 5.97 Å². The van der Waals surface area contributed by atoms with Crippen LogP contribution in [0.4, 0.5) is 0 Å². The fourth-order valence-electron chi connectivity index (χ4n) is 2.04. The molecule has 0 saturated carbocycles. The van der Waals surface area contributed by atoms with Gasteiger partial charge in [0.05, 0.1) is 21.2 Å². The van der Waals surface area contributed by atoms with Gasteiger partial charge in [0.25, 0.3) is 5.91 Å². The van der Waals surface area contributed by atoms with E-state index in [2.05, 4.69) is 10.6 Å². The van der Waals surface area contributed by atoms with Gasteiger partial charge in [-0.15, -0.1) is 0 Å². The normalized spacial score (nSPS) is 17.8. The van der Waals surface area contributed by atoms with Crippen LogP contribution in [0.2, 0.25) is 10.0 Å². The molecular formula is C13H10Cl2N2O5. The molecule has 2 rings (SSSR count). The first kappa shape index (κ1) is 16.3. The van der Waals surface area contributed by atoms with Crippen LogP contribution in [-0.2, 0) is 9.59 Å². The van der Waals surface area contributed by atoms with Crippen molar-refractivity contribution in [3.05, 3.63) is 33.3 Å². The molecule has 1 aromatic rings. The summed E-state index contributed by atoms with van der Waals surface area (Å²) < 4.78 is 0. The molecule has 1 atom stereocenters. The fraction of sp³-hybridized carbons (Fsp3) is 0.231. The Bertz CT molecular complexity index is 689. The third kappa shape index (κ3) is 3.20. The number of hydrogen-bond acceptors (Lipinski definition) is 4. The quantitative estimate of drug-likeness (QED) is 0.713. The summed E-state index contributed by atoms with van der Waals surface area (Å²) in [5.41, 5.74) is -0.773. The molecule has 1 saturated heterocycles. The number of aromatic carboxylic acids is 1. The number of rotatable bonds is 3. The first-order chi connectivity index (χ1) is 10.3. The maximum Gasteiger partial charge on any atom is 0.338 e.